The van der Waals surface area contributed by atoms with Crippen LogP contribution in [-0.4, -0.2) is 16.7 Å². The molecule has 0 saturated carbocycles. The second kappa shape index (κ2) is 5.69. The summed E-state index contributed by atoms with van der Waals surface area (Å²) < 4.78 is 20.7. The van der Waals surface area contributed by atoms with Crippen molar-refractivity contribution in [3.05, 3.63) is 17.9 Å². The Morgan fingerprint density at radius 3 is 2.60 bits per heavy atom. The average Bonchev–Trinajstić information content (AvgIpc) is 2.69. The van der Waals surface area contributed by atoms with E-state index in [9.17, 15) is 4.39 Å². The molecule has 4 nitrogen and oxygen atoms in total. The Labute approximate surface area is 118 Å². The first-order chi connectivity index (χ1) is 9.43. The Balaban J connectivity index is 2.44. The molecule has 0 bridgehead atoms. The van der Waals surface area contributed by atoms with Gasteiger partial charge in [0.15, 0.2) is 11.6 Å². The quantitative estimate of drug-likeness (QED) is 0.906. The molecule has 2 aromatic rings. The third-order valence-electron chi connectivity index (χ3n) is 3.59. The second-order valence-corrected chi connectivity index (χ2v) is 5.64. The van der Waals surface area contributed by atoms with E-state index in [-0.39, 0.29) is 11.8 Å². The van der Waals surface area contributed by atoms with E-state index in [1.54, 1.807) is 6.07 Å². The number of hydrogen-bond acceptors (Lipinski definition) is 3. The molecule has 0 saturated heterocycles. The van der Waals surface area contributed by atoms with Crippen LogP contribution >= 0.6 is 0 Å². The van der Waals surface area contributed by atoms with Crippen LogP contribution in [-0.2, 0) is 0 Å². The molecule has 20 heavy (non-hydrogen) atoms. The lowest BCUT2D eigenvalue weighted by Crippen LogP contribution is -2.10. The SMILES string of the molecule is COc1cc2c(cc1F)nc(N)n2C(C)CCC(C)C. The van der Waals surface area contributed by atoms with Gasteiger partial charge in [0, 0.05) is 18.2 Å². The number of nitrogen functional groups attached to an aromatic ring is 1. The van der Waals surface area contributed by atoms with E-state index in [4.69, 9.17) is 10.5 Å². The molecule has 2 N–H and O–H groups in total. The fraction of sp³-hybridized carbons (Fsp3) is 0.533. The highest BCUT2D eigenvalue weighted by Gasteiger charge is 2.17. The first-order valence-corrected chi connectivity index (χ1v) is 6.95. The molecule has 2 rings (SSSR count). The maximum atomic E-state index is 13.7. The molecule has 0 spiro atoms. The summed E-state index contributed by atoms with van der Waals surface area (Å²) in [6.07, 6.45) is 2.12. The normalized spacial score (nSPS) is 13.1. The molecule has 0 aliphatic rings. The van der Waals surface area contributed by atoms with Crippen molar-refractivity contribution in [3.8, 4) is 5.75 Å². The summed E-state index contributed by atoms with van der Waals surface area (Å²) in [5.41, 5.74) is 7.37. The van der Waals surface area contributed by atoms with Crippen molar-refractivity contribution in [1.29, 1.82) is 0 Å². The Hall–Kier alpha value is -1.78. The van der Waals surface area contributed by atoms with Crippen molar-refractivity contribution in [1.82, 2.24) is 9.55 Å². The van der Waals surface area contributed by atoms with Crippen LogP contribution in [0.1, 0.15) is 39.7 Å². The number of fused-ring (bicyclic) bond motifs is 1. The summed E-state index contributed by atoms with van der Waals surface area (Å²) in [6, 6.07) is 3.26. The number of methoxy groups -OCH3 is 1. The molecule has 1 aromatic carbocycles. The molecule has 0 fully saturated rings. The van der Waals surface area contributed by atoms with Crippen LogP contribution in [0.5, 0.6) is 5.75 Å². The summed E-state index contributed by atoms with van der Waals surface area (Å²) in [7, 11) is 1.45. The number of rotatable bonds is 5. The highest BCUT2D eigenvalue weighted by Crippen LogP contribution is 2.30. The number of aromatic nitrogens is 2. The van der Waals surface area contributed by atoms with E-state index >= 15 is 0 Å². The van der Waals surface area contributed by atoms with E-state index in [1.807, 2.05) is 4.57 Å². The fourth-order valence-electron chi connectivity index (χ4n) is 2.44. The number of benzene rings is 1. The van der Waals surface area contributed by atoms with Crippen LogP contribution in [0, 0.1) is 11.7 Å². The highest BCUT2D eigenvalue weighted by molar-refractivity contribution is 5.80. The molecule has 1 unspecified atom stereocenters. The van der Waals surface area contributed by atoms with Crippen molar-refractivity contribution in [2.24, 2.45) is 5.92 Å². The molecule has 110 valence electrons. The molecule has 0 aliphatic carbocycles. The number of halogens is 1. The molecular formula is C15H22FN3O. The predicted octanol–water partition coefficient (Wildman–Crippen LogP) is 3.76. The predicted molar refractivity (Wildman–Crippen MR) is 79.4 cm³/mol. The summed E-state index contributed by atoms with van der Waals surface area (Å²) in [5, 5.41) is 0. The van der Waals surface area contributed by atoms with Gasteiger partial charge in [-0.25, -0.2) is 9.37 Å². The van der Waals surface area contributed by atoms with Crippen LogP contribution in [0.15, 0.2) is 12.1 Å². The lowest BCUT2D eigenvalue weighted by atomic mass is 10.0. The van der Waals surface area contributed by atoms with E-state index in [0.29, 0.717) is 17.4 Å². The van der Waals surface area contributed by atoms with E-state index in [1.165, 1.54) is 13.2 Å². The number of hydrogen-bond donors (Lipinski definition) is 1. The Bertz CT molecular complexity index is 607. The van der Waals surface area contributed by atoms with Crippen molar-refractivity contribution >= 4 is 17.0 Å². The molecule has 1 atom stereocenters. The molecule has 5 heteroatoms. The summed E-state index contributed by atoms with van der Waals surface area (Å²) in [4.78, 5) is 4.24. The van der Waals surface area contributed by atoms with Crippen molar-refractivity contribution in [2.75, 3.05) is 12.8 Å². The first kappa shape index (κ1) is 14.6. The minimum Gasteiger partial charge on any atom is -0.494 e. The first-order valence-electron chi connectivity index (χ1n) is 6.95. The monoisotopic (exact) mass is 279 g/mol. The minimum absolute atomic E-state index is 0.217. The van der Waals surface area contributed by atoms with Gasteiger partial charge < -0.3 is 15.0 Å². The zero-order valence-corrected chi connectivity index (χ0v) is 12.5. The summed E-state index contributed by atoms with van der Waals surface area (Å²) >= 11 is 0. The van der Waals surface area contributed by atoms with Gasteiger partial charge in [0.1, 0.15) is 0 Å². The van der Waals surface area contributed by atoms with Gasteiger partial charge in [0.2, 0.25) is 5.95 Å². The highest BCUT2D eigenvalue weighted by atomic mass is 19.1. The van der Waals surface area contributed by atoms with Gasteiger partial charge in [0.05, 0.1) is 18.1 Å². The maximum Gasteiger partial charge on any atom is 0.201 e. The van der Waals surface area contributed by atoms with Gasteiger partial charge in [-0.15, -0.1) is 0 Å². The average molecular weight is 279 g/mol. The van der Waals surface area contributed by atoms with Crippen LogP contribution < -0.4 is 10.5 Å². The number of nitrogens with zero attached hydrogens (tertiary/aromatic N) is 2. The van der Waals surface area contributed by atoms with E-state index in [2.05, 4.69) is 25.8 Å². The molecule has 0 radical (unpaired) electrons. The number of ether oxygens (including phenoxy) is 1. The van der Waals surface area contributed by atoms with Gasteiger partial charge in [-0.05, 0) is 25.7 Å². The van der Waals surface area contributed by atoms with Gasteiger partial charge >= 0.3 is 0 Å². The van der Waals surface area contributed by atoms with Gasteiger partial charge in [-0.1, -0.05) is 13.8 Å². The number of nitrogens with two attached hydrogens (primary N) is 1. The summed E-state index contributed by atoms with van der Waals surface area (Å²) in [5.74, 6) is 0.860. The standard InChI is InChI=1S/C15H22FN3O/c1-9(2)5-6-10(3)19-13-8-14(20-4)11(16)7-12(13)18-15(19)17/h7-10H,5-6H2,1-4H3,(H2,17,18). The largest absolute Gasteiger partial charge is 0.494 e. The Morgan fingerprint density at radius 1 is 1.30 bits per heavy atom. The van der Waals surface area contributed by atoms with Crippen molar-refractivity contribution < 1.29 is 9.13 Å². The van der Waals surface area contributed by atoms with E-state index < -0.39 is 5.82 Å². The van der Waals surface area contributed by atoms with Crippen LogP contribution in [0.4, 0.5) is 10.3 Å². The molecule has 0 aliphatic heterocycles. The maximum absolute atomic E-state index is 13.7. The van der Waals surface area contributed by atoms with Crippen molar-refractivity contribution in [3.63, 3.8) is 0 Å². The Morgan fingerprint density at radius 2 is 2.00 bits per heavy atom. The topological polar surface area (TPSA) is 53.1 Å². The third kappa shape index (κ3) is 2.71. The lowest BCUT2D eigenvalue weighted by molar-refractivity contribution is 0.387. The van der Waals surface area contributed by atoms with Crippen LogP contribution in [0.2, 0.25) is 0 Å². The zero-order chi connectivity index (χ0) is 14.9. The summed E-state index contributed by atoms with van der Waals surface area (Å²) in [6.45, 7) is 6.50. The van der Waals surface area contributed by atoms with Crippen LogP contribution in [0.3, 0.4) is 0 Å². The second-order valence-electron chi connectivity index (χ2n) is 5.64. The van der Waals surface area contributed by atoms with Crippen LogP contribution in [0.25, 0.3) is 11.0 Å². The van der Waals surface area contributed by atoms with Crippen molar-refractivity contribution in [2.45, 2.75) is 39.7 Å². The minimum atomic E-state index is -0.417. The number of anilines is 1. The molecule has 1 heterocycles. The third-order valence-corrected chi connectivity index (χ3v) is 3.59. The Kier molecular flexibility index (Phi) is 4.16. The van der Waals surface area contributed by atoms with Gasteiger partial charge in [-0.3, -0.25) is 0 Å². The van der Waals surface area contributed by atoms with E-state index in [0.717, 1.165) is 18.4 Å². The lowest BCUT2D eigenvalue weighted by Gasteiger charge is -2.17. The smallest absolute Gasteiger partial charge is 0.201 e. The number of imidazole rings is 1. The fourth-order valence-corrected chi connectivity index (χ4v) is 2.44. The molecular weight excluding hydrogens is 257 g/mol. The van der Waals surface area contributed by atoms with Gasteiger partial charge in [0.25, 0.3) is 0 Å². The molecule has 1 aromatic heterocycles. The zero-order valence-electron chi connectivity index (χ0n) is 12.5. The van der Waals surface area contributed by atoms with Gasteiger partial charge in [-0.2, -0.15) is 0 Å². The molecule has 0 amide bonds.